The molecule has 1 N–H and O–H groups in total. The van der Waals surface area contributed by atoms with Crippen molar-refractivity contribution in [1.29, 1.82) is 0 Å². The molecule has 0 spiro atoms. The van der Waals surface area contributed by atoms with Gasteiger partial charge in [0.05, 0.1) is 13.2 Å². The van der Waals surface area contributed by atoms with Crippen LogP contribution in [-0.4, -0.2) is 30.6 Å². The number of urea groups is 1. The molecule has 0 unspecified atom stereocenters. The number of hydrogen-bond acceptors (Lipinski definition) is 3. The first kappa shape index (κ1) is 17.3. The highest BCUT2D eigenvalue weighted by atomic mass is 32.1. The number of benzene rings is 1. The van der Waals surface area contributed by atoms with Crippen LogP contribution < -0.4 is 10.1 Å². The van der Waals surface area contributed by atoms with Crippen LogP contribution in [0.4, 0.5) is 4.79 Å². The molecule has 1 aromatic carbocycles. The number of ether oxygens (including phenoxy) is 1. The second-order valence-corrected chi connectivity index (χ2v) is 6.37. The standard InChI is InChI=1S/C18H24N2O2S/c1-3-20(14-17-6-4-13-23-17)18(21)19-11-5-12-22-16-9-7-15(2)8-10-16/h4,6-10,13H,3,5,11-12,14H2,1-2H3,(H,19,21). The number of carbonyl (C=O) groups is 1. The lowest BCUT2D eigenvalue weighted by molar-refractivity contribution is 0.197. The summed E-state index contributed by atoms with van der Waals surface area (Å²) in [5, 5.41) is 4.98. The van der Waals surface area contributed by atoms with E-state index in [0.717, 1.165) is 12.2 Å². The Balaban J connectivity index is 1.64. The van der Waals surface area contributed by atoms with Crippen molar-refractivity contribution in [2.24, 2.45) is 0 Å². The van der Waals surface area contributed by atoms with Gasteiger partial charge in [-0.2, -0.15) is 0 Å². The number of nitrogens with zero attached hydrogens (tertiary/aromatic N) is 1. The van der Waals surface area contributed by atoms with Crippen molar-refractivity contribution in [3.05, 3.63) is 52.2 Å². The van der Waals surface area contributed by atoms with E-state index in [1.54, 1.807) is 11.3 Å². The maximum absolute atomic E-state index is 12.1. The molecule has 2 rings (SSSR count). The van der Waals surface area contributed by atoms with Gasteiger partial charge < -0.3 is 15.0 Å². The minimum atomic E-state index is -0.0174. The van der Waals surface area contributed by atoms with Crippen LogP contribution in [-0.2, 0) is 6.54 Å². The monoisotopic (exact) mass is 332 g/mol. The van der Waals surface area contributed by atoms with E-state index in [4.69, 9.17) is 4.74 Å². The molecule has 124 valence electrons. The van der Waals surface area contributed by atoms with Gasteiger partial charge in [-0.1, -0.05) is 23.8 Å². The molecule has 0 aliphatic heterocycles. The third kappa shape index (κ3) is 5.94. The van der Waals surface area contributed by atoms with Crippen LogP contribution in [0, 0.1) is 6.92 Å². The number of hydrogen-bond donors (Lipinski definition) is 1. The molecule has 1 heterocycles. The van der Waals surface area contributed by atoms with Crippen molar-refractivity contribution in [3.8, 4) is 5.75 Å². The summed E-state index contributed by atoms with van der Waals surface area (Å²) in [5.74, 6) is 0.870. The van der Waals surface area contributed by atoms with E-state index in [1.807, 2.05) is 47.5 Å². The van der Waals surface area contributed by atoms with Gasteiger partial charge in [0, 0.05) is 18.0 Å². The van der Waals surface area contributed by atoms with Crippen LogP contribution in [0.5, 0.6) is 5.75 Å². The fourth-order valence-corrected chi connectivity index (χ4v) is 2.84. The molecule has 23 heavy (non-hydrogen) atoms. The lowest BCUT2D eigenvalue weighted by atomic mass is 10.2. The summed E-state index contributed by atoms with van der Waals surface area (Å²) < 4.78 is 5.65. The average molecular weight is 332 g/mol. The first-order valence-corrected chi connectivity index (χ1v) is 8.81. The van der Waals surface area contributed by atoms with E-state index >= 15 is 0 Å². The lowest BCUT2D eigenvalue weighted by Crippen LogP contribution is -2.39. The number of thiophene rings is 1. The third-order valence-corrected chi connectivity index (χ3v) is 4.34. The quantitative estimate of drug-likeness (QED) is 0.741. The first-order valence-electron chi connectivity index (χ1n) is 7.93. The van der Waals surface area contributed by atoms with E-state index < -0.39 is 0 Å². The highest BCUT2D eigenvalue weighted by Gasteiger charge is 2.11. The van der Waals surface area contributed by atoms with Gasteiger partial charge in [-0.05, 0) is 43.8 Å². The summed E-state index contributed by atoms with van der Waals surface area (Å²) in [5.41, 5.74) is 1.22. The molecule has 2 amide bonds. The number of carbonyl (C=O) groups excluding carboxylic acids is 1. The third-order valence-electron chi connectivity index (χ3n) is 3.48. The maximum atomic E-state index is 12.1. The van der Waals surface area contributed by atoms with E-state index in [9.17, 15) is 4.79 Å². The van der Waals surface area contributed by atoms with Gasteiger partial charge in [0.25, 0.3) is 0 Å². The molecule has 0 atom stereocenters. The molecule has 0 bridgehead atoms. The smallest absolute Gasteiger partial charge is 0.317 e. The predicted molar refractivity (Wildman–Crippen MR) is 95.1 cm³/mol. The number of aryl methyl sites for hydroxylation is 1. The van der Waals surface area contributed by atoms with E-state index in [2.05, 4.69) is 18.3 Å². The molecule has 1 aromatic heterocycles. The minimum Gasteiger partial charge on any atom is -0.494 e. The lowest BCUT2D eigenvalue weighted by Gasteiger charge is -2.20. The van der Waals surface area contributed by atoms with Crippen LogP contribution in [0.1, 0.15) is 23.8 Å². The minimum absolute atomic E-state index is 0.0174. The van der Waals surface area contributed by atoms with Crippen molar-refractivity contribution >= 4 is 17.4 Å². The van der Waals surface area contributed by atoms with Gasteiger partial charge in [0.15, 0.2) is 0 Å². The van der Waals surface area contributed by atoms with Crippen molar-refractivity contribution < 1.29 is 9.53 Å². The van der Waals surface area contributed by atoms with Crippen LogP contribution in [0.15, 0.2) is 41.8 Å². The Morgan fingerprint density at radius 2 is 2.04 bits per heavy atom. The Labute approximate surface area is 142 Å². The Hall–Kier alpha value is -2.01. The normalized spacial score (nSPS) is 10.3. The second-order valence-electron chi connectivity index (χ2n) is 5.34. The van der Waals surface area contributed by atoms with Crippen LogP contribution >= 0.6 is 11.3 Å². The van der Waals surface area contributed by atoms with Gasteiger partial charge >= 0.3 is 6.03 Å². The highest BCUT2D eigenvalue weighted by molar-refractivity contribution is 7.09. The summed E-state index contributed by atoms with van der Waals surface area (Å²) in [6.45, 7) is 6.62. The second kappa shape index (κ2) is 9.20. The zero-order valence-corrected chi connectivity index (χ0v) is 14.6. The van der Waals surface area contributed by atoms with Crippen LogP contribution in [0.3, 0.4) is 0 Å². The van der Waals surface area contributed by atoms with Gasteiger partial charge in [0.1, 0.15) is 5.75 Å². The molecule has 0 radical (unpaired) electrons. The fourth-order valence-electron chi connectivity index (χ4n) is 2.12. The molecule has 5 heteroatoms. The van der Waals surface area contributed by atoms with Gasteiger partial charge in [-0.3, -0.25) is 0 Å². The Morgan fingerprint density at radius 1 is 1.26 bits per heavy atom. The molecule has 2 aromatic rings. The van der Waals surface area contributed by atoms with Crippen molar-refractivity contribution in [2.75, 3.05) is 19.7 Å². The predicted octanol–water partition coefficient (Wildman–Crippen LogP) is 4.06. The van der Waals surface area contributed by atoms with Crippen molar-refractivity contribution in [1.82, 2.24) is 10.2 Å². The van der Waals surface area contributed by atoms with E-state index in [1.165, 1.54) is 10.4 Å². The van der Waals surface area contributed by atoms with Gasteiger partial charge in [0.2, 0.25) is 0 Å². The largest absolute Gasteiger partial charge is 0.494 e. The van der Waals surface area contributed by atoms with Crippen LogP contribution in [0.2, 0.25) is 0 Å². The summed E-state index contributed by atoms with van der Waals surface area (Å²) >= 11 is 1.67. The SMILES string of the molecule is CCN(Cc1cccs1)C(=O)NCCCOc1ccc(C)cc1. The first-order chi connectivity index (χ1) is 11.2. The molecule has 4 nitrogen and oxygen atoms in total. The molecular weight excluding hydrogens is 308 g/mol. The van der Waals surface area contributed by atoms with E-state index in [0.29, 0.717) is 26.2 Å². The molecule has 0 saturated heterocycles. The van der Waals surface area contributed by atoms with Crippen molar-refractivity contribution in [2.45, 2.75) is 26.8 Å². The zero-order valence-electron chi connectivity index (χ0n) is 13.7. The number of amides is 2. The summed E-state index contributed by atoms with van der Waals surface area (Å²) in [7, 11) is 0. The summed E-state index contributed by atoms with van der Waals surface area (Å²) in [6.07, 6.45) is 0.788. The van der Waals surface area contributed by atoms with E-state index in [-0.39, 0.29) is 6.03 Å². The molecule has 0 fully saturated rings. The average Bonchev–Trinajstić information content (AvgIpc) is 3.07. The number of rotatable bonds is 8. The van der Waals surface area contributed by atoms with Crippen LogP contribution in [0.25, 0.3) is 0 Å². The zero-order chi connectivity index (χ0) is 16.5. The molecule has 0 saturated carbocycles. The Bertz CT molecular complexity index is 582. The topological polar surface area (TPSA) is 41.6 Å². The highest BCUT2D eigenvalue weighted by Crippen LogP contribution is 2.12. The molecular formula is C18H24N2O2S. The van der Waals surface area contributed by atoms with Gasteiger partial charge in [-0.15, -0.1) is 11.3 Å². The Kier molecular flexibility index (Phi) is 6.94. The summed E-state index contributed by atoms with van der Waals surface area (Å²) in [6, 6.07) is 12.0. The number of nitrogens with one attached hydrogen (secondary N) is 1. The van der Waals surface area contributed by atoms with Crippen molar-refractivity contribution in [3.63, 3.8) is 0 Å². The summed E-state index contributed by atoms with van der Waals surface area (Å²) in [4.78, 5) is 15.2. The molecule has 0 aliphatic rings. The maximum Gasteiger partial charge on any atom is 0.317 e. The fraction of sp³-hybridized carbons (Fsp3) is 0.389. The Morgan fingerprint density at radius 3 is 2.70 bits per heavy atom. The van der Waals surface area contributed by atoms with Gasteiger partial charge in [-0.25, -0.2) is 4.79 Å². The molecule has 0 aliphatic carbocycles.